The van der Waals surface area contributed by atoms with Gasteiger partial charge in [-0.3, -0.25) is 0 Å². The number of hydrogen-bond donors (Lipinski definition) is 1. The molecule has 1 N–H and O–H groups in total. The molecule has 0 spiro atoms. The molecule has 1 atom stereocenters. The molecule has 22 heavy (non-hydrogen) atoms. The Labute approximate surface area is 133 Å². The number of nitrogens with one attached hydrogen (secondary N) is 1. The lowest BCUT2D eigenvalue weighted by molar-refractivity contribution is 0.334. The highest BCUT2D eigenvalue weighted by Gasteiger charge is 2.33. The highest BCUT2D eigenvalue weighted by Crippen LogP contribution is 2.29. The molecular weight excluding hydrogens is 300 g/mol. The molecule has 124 valence electrons. The van der Waals surface area contributed by atoms with Gasteiger partial charge in [0.25, 0.3) is 0 Å². The topological polar surface area (TPSA) is 58.6 Å². The minimum atomic E-state index is -3.49. The predicted molar refractivity (Wildman–Crippen MR) is 87.9 cm³/mol. The maximum absolute atomic E-state index is 13.1. The first-order valence-corrected chi connectivity index (χ1v) is 9.23. The van der Waals surface area contributed by atoms with Gasteiger partial charge in [0.2, 0.25) is 10.0 Å². The summed E-state index contributed by atoms with van der Waals surface area (Å²) < 4.78 is 33.2. The van der Waals surface area contributed by atoms with Crippen molar-refractivity contribution in [2.24, 2.45) is 0 Å². The first-order chi connectivity index (χ1) is 10.4. The highest BCUT2D eigenvalue weighted by molar-refractivity contribution is 7.89. The summed E-state index contributed by atoms with van der Waals surface area (Å²) >= 11 is 0. The molecule has 1 saturated heterocycles. The van der Waals surface area contributed by atoms with Crippen LogP contribution < -0.4 is 10.1 Å². The third-order valence-electron chi connectivity index (χ3n) is 4.16. The zero-order chi connectivity index (χ0) is 16.3. The molecular formula is C16H26N2O3S. The normalized spacial score (nSPS) is 18.9. The third-order valence-corrected chi connectivity index (χ3v) is 6.26. The van der Waals surface area contributed by atoms with Crippen LogP contribution in [0.2, 0.25) is 0 Å². The van der Waals surface area contributed by atoms with Gasteiger partial charge in [-0.2, -0.15) is 4.31 Å². The number of ether oxygens (including phenoxy) is 1. The molecule has 0 aromatic heterocycles. The van der Waals surface area contributed by atoms with Gasteiger partial charge >= 0.3 is 0 Å². The number of sulfonamides is 1. The van der Waals surface area contributed by atoms with Crippen molar-refractivity contribution >= 4 is 10.0 Å². The van der Waals surface area contributed by atoms with Crippen LogP contribution in [0.25, 0.3) is 0 Å². The molecule has 1 heterocycles. The molecule has 5 nitrogen and oxygen atoms in total. The van der Waals surface area contributed by atoms with E-state index in [1.165, 1.54) is 0 Å². The lowest BCUT2D eigenvalue weighted by Crippen LogP contribution is -2.42. The Morgan fingerprint density at radius 3 is 2.59 bits per heavy atom. The van der Waals surface area contributed by atoms with E-state index in [-0.39, 0.29) is 6.04 Å². The van der Waals surface area contributed by atoms with Crippen molar-refractivity contribution in [2.45, 2.75) is 44.6 Å². The van der Waals surface area contributed by atoms with Gasteiger partial charge in [-0.05, 0) is 56.5 Å². The second kappa shape index (κ2) is 6.98. The van der Waals surface area contributed by atoms with Gasteiger partial charge in [-0.15, -0.1) is 0 Å². The molecule has 2 rings (SSSR count). The van der Waals surface area contributed by atoms with E-state index >= 15 is 0 Å². The zero-order valence-electron chi connectivity index (χ0n) is 13.8. The summed E-state index contributed by atoms with van der Waals surface area (Å²) in [6.07, 6.45) is 1.68. The summed E-state index contributed by atoms with van der Waals surface area (Å²) in [7, 11) is -1.89. The van der Waals surface area contributed by atoms with Crippen molar-refractivity contribution in [3.05, 3.63) is 23.3 Å². The molecule has 1 unspecified atom stereocenters. The summed E-state index contributed by atoms with van der Waals surface area (Å²) in [5.41, 5.74) is 1.57. The summed E-state index contributed by atoms with van der Waals surface area (Å²) in [5.74, 6) is 0.723. The maximum Gasteiger partial charge on any atom is 0.243 e. The van der Waals surface area contributed by atoms with Crippen molar-refractivity contribution in [1.29, 1.82) is 0 Å². The molecule has 6 heteroatoms. The van der Waals surface area contributed by atoms with Gasteiger partial charge in [-0.25, -0.2) is 8.42 Å². The van der Waals surface area contributed by atoms with Crippen molar-refractivity contribution < 1.29 is 13.2 Å². The number of aryl methyl sites for hydroxylation is 2. The van der Waals surface area contributed by atoms with E-state index in [9.17, 15) is 8.42 Å². The van der Waals surface area contributed by atoms with Crippen molar-refractivity contribution in [3.63, 3.8) is 0 Å². The second-order valence-corrected chi connectivity index (χ2v) is 7.71. The van der Waals surface area contributed by atoms with E-state index in [0.29, 0.717) is 11.4 Å². The van der Waals surface area contributed by atoms with E-state index in [2.05, 4.69) is 5.32 Å². The molecule has 1 aliphatic rings. The number of benzene rings is 1. The summed E-state index contributed by atoms with van der Waals surface area (Å²) in [5, 5.41) is 3.25. The fourth-order valence-corrected chi connectivity index (χ4v) is 5.03. The second-order valence-electron chi connectivity index (χ2n) is 5.85. The zero-order valence-corrected chi connectivity index (χ0v) is 14.7. The predicted octanol–water partition coefficient (Wildman–Crippen LogP) is 2.07. The Morgan fingerprint density at radius 1 is 1.32 bits per heavy atom. The smallest absolute Gasteiger partial charge is 0.243 e. The SMILES string of the molecule is CCCN(C1CCNC1)S(=O)(=O)c1cc(C)c(OC)cc1C. The Morgan fingerprint density at radius 2 is 2.05 bits per heavy atom. The van der Waals surface area contributed by atoms with E-state index in [4.69, 9.17) is 4.74 Å². The Kier molecular flexibility index (Phi) is 5.47. The van der Waals surface area contributed by atoms with Gasteiger partial charge in [0.05, 0.1) is 12.0 Å². The molecule has 1 aromatic rings. The first-order valence-electron chi connectivity index (χ1n) is 7.79. The highest BCUT2D eigenvalue weighted by atomic mass is 32.2. The molecule has 0 amide bonds. The van der Waals surface area contributed by atoms with E-state index in [1.54, 1.807) is 23.5 Å². The van der Waals surface area contributed by atoms with Crippen LogP contribution in [0, 0.1) is 13.8 Å². The molecule has 0 saturated carbocycles. The van der Waals surface area contributed by atoms with E-state index in [1.807, 2.05) is 20.8 Å². The van der Waals surface area contributed by atoms with Crippen LogP contribution in [-0.2, 0) is 10.0 Å². The van der Waals surface area contributed by atoms with Gasteiger partial charge in [0.15, 0.2) is 0 Å². The lowest BCUT2D eigenvalue weighted by Gasteiger charge is -2.28. The lowest BCUT2D eigenvalue weighted by atomic mass is 10.1. The summed E-state index contributed by atoms with van der Waals surface area (Å²) in [4.78, 5) is 0.395. The number of nitrogens with zero attached hydrogens (tertiary/aromatic N) is 1. The first kappa shape index (κ1) is 17.2. The molecule has 0 bridgehead atoms. The number of hydrogen-bond acceptors (Lipinski definition) is 4. The van der Waals surface area contributed by atoms with Crippen molar-refractivity contribution in [1.82, 2.24) is 9.62 Å². The van der Waals surface area contributed by atoms with E-state index in [0.717, 1.165) is 42.8 Å². The minimum Gasteiger partial charge on any atom is -0.496 e. The van der Waals surface area contributed by atoms with Gasteiger partial charge in [-0.1, -0.05) is 6.92 Å². The maximum atomic E-state index is 13.1. The Hall–Kier alpha value is -1.11. The molecule has 0 radical (unpaired) electrons. The fraction of sp³-hybridized carbons (Fsp3) is 0.625. The van der Waals surface area contributed by atoms with Crippen LogP contribution in [-0.4, -0.2) is 45.5 Å². The largest absolute Gasteiger partial charge is 0.496 e. The van der Waals surface area contributed by atoms with Crippen LogP contribution in [0.4, 0.5) is 0 Å². The molecule has 0 aliphatic carbocycles. The van der Waals surface area contributed by atoms with Crippen LogP contribution in [0.1, 0.15) is 30.9 Å². The van der Waals surface area contributed by atoms with Gasteiger partial charge in [0.1, 0.15) is 5.75 Å². The van der Waals surface area contributed by atoms with Gasteiger partial charge < -0.3 is 10.1 Å². The molecule has 1 aromatic carbocycles. The van der Waals surface area contributed by atoms with Crippen molar-refractivity contribution in [2.75, 3.05) is 26.7 Å². The Balaban J connectivity index is 2.45. The van der Waals surface area contributed by atoms with Crippen LogP contribution >= 0.6 is 0 Å². The van der Waals surface area contributed by atoms with Crippen LogP contribution in [0.15, 0.2) is 17.0 Å². The standard InChI is InChI=1S/C16H26N2O3S/c1-5-8-18(14-6-7-17-11-14)22(19,20)16-10-12(2)15(21-4)9-13(16)3/h9-10,14,17H,5-8,11H2,1-4H3. The molecule has 1 fully saturated rings. The number of rotatable bonds is 6. The summed E-state index contributed by atoms with van der Waals surface area (Å²) in [6, 6.07) is 3.58. The average molecular weight is 326 g/mol. The fourth-order valence-electron chi connectivity index (χ4n) is 2.99. The molecule has 1 aliphatic heterocycles. The van der Waals surface area contributed by atoms with Crippen molar-refractivity contribution in [3.8, 4) is 5.75 Å². The third kappa shape index (κ3) is 3.29. The minimum absolute atomic E-state index is 0.0479. The van der Waals surface area contributed by atoms with Crippen LogP contribution in [0.3, 0.4) is 0 Å². The Bertz CT molecular complexity index is 623. The van der Waals surface area contributed by atoms with Gasteiger partial charge in [0, 0.05) is 19.1 Å². The summed E-state index contributed by atoms with van der Waals surface area (Å²) in [6.45, 7) is 7.87. The van der Waals surface area contributed by atoms with Crippen LogP contribution in [0.5, 0.6) is 5.75 Å². The number of methoxy groups -OCH3 is 1. The van der Waals surface area contributed by atoms with E-state index < -0.39 is 10.0 Å². The average Bonchev–Trinajstić information content (AvgIpc) is 3.00. The monoisotopic (exact) mass is 326 g/mol. The quantitative estimate of drug-likeness (QED) is 0.869.